The Kier molecular flexibility index (Phi) is 4.83. The molecule has 0 aliphatic carbocycles. The van der Waals surface area contributed by atoms with E-state index in [9.17, 15) is 0 Å². The summed E-state index contributed by atoms with van der Waals surface area (Å²) in [6.07, 6.45) is 0. The van der Waals surface area contributed by atoms with Gasteiger partial charge in [-0.2, -0.15) is 0 Å². The Morgan fingerprint density at radius 3 is 1.86 bits per heavy atom. The number of imidazole rings is 1. The molecular formula is C37H23N5. The molecule has 0 unspecified atom stereocenters. The summed E-state index contributed by atoms with van der Waals surface area (Å²) in [4.78, 5) is 15.4. The second-order valence-electron chi connectivity index (χ2n) is 10.5. The van der Waals surface area contributed by atoms with Crippen molar-refractivity contribution in [1.82, 2.24) is 23.9 Å². The lowest BCUT2D eigenvalue weighted by Gasteiger charge is -2.13. The van der Waals surface area contributed by atoms with E-state index in [0.29, 0.717) is 5.82 Å². The molecule has 42 heavy (non-hydrogen) atoms. The fourth-order valence-corrected chi connectivity index (χ4v) is 6.27. The van der Waals surface area contributed by atoms with Crippen LogP contribution in [0.15, 0.2) is 140 Å². The van der Waals surface area contributed by atoms with Crippen LogP contribution in [0.5, 0.6) is 0 Å². The largest absolute Gasteiger partial charge is 0.291 e. The second-order valence-corrected chi connectivity index (χ2v) is 10.5. The molecule has 0 amide bonds. The summed E-state index contributed by atoms with van der Waals surface area (Å²) < 4.78 is 4.63. The molecule has 9 aromatic rings. The van der Waals surface area contributed by atoms with E-state index < -0.39 is 0 Å². The van der Waals surface area contributed by atoms with Crippen LogP contribution < -0.4 is 0 Å². The Labute approximate surface area is 241 Å². The van der Waals surface area contributed by atoms with Crippen LogP contribution in [-0.2, 0) is 0 Å². The molecule has 0 atom stereocenters. The highest BCUT2D eigenvalue weighted by atomic mass is 15.1. The normalized spacial score (nSPS) is 11.8. The summed E-state index contributed by atoms with van der Waals surface area (Å²) in [6, 6.07) is 48.2. The zero-order valence-corrected chi connectivity index (χ0v) is 22.5. The van der Waals surface area contributed by atoms with Gasteiger partial charge in [-0.3, -0.25) is 8.97 Å². The van der Waals surface area contributed by atoms with Crippen LogP contribution in [0.25, 0.3) is 77.9 Å². The maximum Gasteiger partial charge on any atom is 0.162 e. The lowest BCUT2D eigenvalue weighted by Crippen LogP contribution is -2.03. The first-order valence-electron chi connectivity index (χ1n) is 14.1. The van der Waals surface area contributed by atoms with Gasteiger partial charge in [0, 0.05) is 33.4 Å². The van der Waals surface area contributed by atoms with Crippen molar-refractivity contribution in [1.29, 1.82) is 0 Å². The van der Waals surface area contributed by atoms with Crippen LogP contribution in [0, 0.1) is 0 Å². The fraction of sp³-hybridized carbons (Fsp3) is 0. The van der Waals surface area contributed by atoms with E-state index in [1.165, 1.54) is 0 Å². The average molecular weight is 538 g/mol. The first kappa shape index (κ1) is 22.9. The van der Waals surface area contributed by atoms with Gasteiger partial charge >= 0.3 is 0 Å². The van der Waals surface area contributed by atoms with Crippen molar-refractivity contribution in [3.63, 3.8) is 0 Å². The van der Waals surface area contributed by atoms with E-state index in [2.05, 4.69) is 112 Å². The van der Waals surface area contributed by atoms with Crippen LogP contribution >= 0.6 is 0 Å². The van der Waals surface area contributed by atoms with Crippen LogP contribution in [0.1, 0.15) is 0 Å². The molecule has 5 nitrogen and oxygen atoms in total. The molecule has 5 aromatic carbocycles. The van der Waals surface area contributed by atoms with Gasteiger partial charge in [-0.25, -0.2) is 15.0 Å². The minimum atomic E-state index is 0.691. The van der Waals surface area contributed by atoms with Gasteiger partial charge in [0.25, 0.3) is 0 Å². The van der Waals surface area contributed by atoms with Crippen molar-refractivity contribution in [2.24, 2.45) is 0 Å². The molecule has 0 N–H and O–H groups in total. The molecule has 0 aliphatic rings. The van der Waals surface area contributed by atoms with Crippen molar-refractivity contribution in [3.05, 3.63) is 140 Å². The van der Waals surface area contributed by atoms with Crippen molar-refractivity contribution in [2.45, 2.75) is 0 Å². The van der Waals surface area contributed by atoms with Crippen LogP contribution in [-0.4, -0.2) is 23.9 Å². The minimum absolute atomic E-state index is 0.691. The molecule has 5 heteroatoms. The van der Waals surface area contributed by atoms with Gasteiger partial charge in [-0.05, 0) is 18.2 Å². The zero-order chi connectivity index (χ0) is 27.6. The lowest BCUT2D eigenvalue weighted by atomic mass is 10.1. The monoisotopic (exact) mass is 537 g/mol. The highest BCUT2D eigenvalue weighted by Crippen LogP contribution is 2.40. The minimum Gasteiger partial charge on any atom is -0.291 e. The smallest absolute Gasteiger partial charge is 0.162 e. The Balaban J connectivity index is 1.50. The molecule has 0 aliphatic heterocycles. The van der Waals surface area contributed by atoms with Gasteiger partial charge in [0.1, 0.15) is 11.5 Å². The van der Waals surface area contributed by atoms with Crippen molar-refractivity contribution >= 4 is 49.4 Å². The van der Waals surface area contributed by atoms with Gasteiger partial charge in [0.05, 0.1) is 33.3 Å². The summed E-state index contributed by atoms with van der Waals surface area (Å²) in [6.45, 7) is 0. The summed E-state index contributed by atoms with van der Waals surface area (Å²) >= 11 is 0. The Bertz CT molecular complexity index is 2400. The Morgan fingerprint density at radius 2 is 1.07 bits per heavy atom. The quantitative estimate of drug-likeness (QED) is 0.226. The van der Waals surface area contributed by atoms with Crippen molar-refractivity contribution in [3.8, 4) is 28.5 Å². The number of hydrogen-bond donors (Lipinski definition) is 0. The van der Waals surface area contributed by atoms with Gasteiger partial charge in [0.15, 0.2) is 5.82 Å². The summed E-state index contributed by atoms with van der Waals surface area (Å²) in [5, 5.41) is 3.38. The molecule has 4 aromatic heterocycles. The van der Waals surface area contributed by atoms with Gasteiger partial charge in [0.2, 0.25) is 0 Å². The molecule has 0 bridgehead atoms. The third kappa shape index (κ3) is 3.28. The molecule has 4 heterocycles. The standard InChI is InChI=1S/C37H23N5/c1-3-13-24(14-4-1)30-23-33(40-36(38-30)25-15-5-2-6-16-25)41-31-21-11-9-19-28(31)35-34(41)26-17-7-8-18-27(26)37-39-29-20-10-12-22-32(29)42(35)37/h1-23H. The predicted octanol–water partition coefficient (Wildman–Crippen LogP) is 8.86. The zero-order valence-electron chi connectivity index (χ0n) is 22.5. The van der Waals surface area contributed by atoms with Crippen LogP contribution in [0.4, 0.5) is 0 Å². The first-order chi connectivity index (χ1) is 20.8. The summed E-state index contributed by atoms with van der Waals surface area (Å²) in [5.74, 6) is 1.51. The van der Waals surface area contributed by atoms with E-state index >= 15 is 0 Å². The van der Waals surface area contributed by atoms with Crippen molar-refractivity contribution in [2.75, 3.05) is 0 Å². The van der Waals surface area contributed by atoms with E-state index in [1.54, 1.807) is 0 Å². The van der Waals surface area contributed by atoms with Gasteiger partial charge < -0.3 is 0 Å². The van der Waals surface area contributed by atoms with Crippen molar-refractivity contribution < 1.29 is 0 Å². The van der Waals surface area contributed by atoms with E-state index in [4.69, 9.17) is 15.0 Å². The summed E-state index contributed by atoms with van der Waals surface area (Å²) in [7, 11) is 0. The highest BCUT2D eigenvalue weighted by Gasteiger charge is 2.22. The van der Waals surface area contributed by atoms with Gasteiger partial charge in [-0.1, -0.05) is 115 Å². The first-order valence-corrected chi connectivity index (χ1v) is 14.1. The highest BCUT2D eigenvalue weighted by molar-refractivity contribution is 6.21. The van der Waals surface area contributed by atoms with E-state index in [1.807, 2.05) is 36.4 Å². The molecule has 0 spiro atoms. The molecule has 9 rings (SSSR count). The fourth-order valence-electron chi connectivity index (χ4n) is 6.27. The number of benzene rings is 5. The third-order valence-electron chi connectivity index (χ3n) is 8.10. The molecule has 0 saturated heterocycles. The molecule has 0 fully saturated rings. The van der Waals surface area contributed by atoms with Crippen LogP contribution in [0.3, 0.4) is 0 Å². The number of pyridine rings is 1. The maximum atomic E-state index is 5.24. The number of nitrogens with zero attached hydrogens (tertiary/aromatic N) is 5. The number of hydrogen-bond acceptors (Lipinski definition) is 3. The molecular weight excluding hydrogens is 514 g/mol. The maximum absolute atomic E-state index is 5.24. The van der Waals surface area contributed by atoms with E-state index in [0.717, 1.165) is 72.0 Å². The number of rotatable bonds is 3. The topological polar surface area (TPSA) is 48.0 Å². The molecule has 0 radical (unpaired) electrons. The number of fused-ring (bicyclic) bond motifs is 10. The molecule has 0 saturated carbocycles. The van der Waals surface area contributed by atoms with Gasteiger partial charge in [-0.15, -0.1) is 0 Å². The average Bonchev–Trinajstić information content (AvgIpc) is 3.62. The summed E-state index contributed by atoms with van der Waals surface area (Å²) in [5.41, 5.74) is 9.23. The van der Waals surface area contributed by atoms with Crippen LogP contribution in [0.2, 0.25) is 0 Å². The predicted molar refractivity (Wildman–Crippen MR) is 171 cm³/mol. The second kappa shape index (κ2) is 8.85. The third-order valence-corrected chi connectivity index (χ3v) is 8.10. The Morgan fingerprint density at radius 1 is 0.452 bits per heavy atom. The lowest BCUT2D eigenvalue weighted by molar-refractivity contribution is 1.05. The number of para-hydroxylation sites is 3. The Hall–Kier alpha value is -5.81. The number of aromatic nitrogens is 5. The molecule has 196 valence electrons. The SMILES string of the molecule is c1ccc(-c2cc(-n3c4ccccc4c4c3c3ccccc3c3nc5ccccc5n34)nc(-c3ccccc3)n2)cc1. The van der Waals surface area contributed by atoms with E-state index in [-0.39, 0.29) is 0 Å².